The lowest BCUT2D eigenvalue weighted by Gasteiger charge is -2.31. The third kappa shape index (κ3) is 5.11. The van der Waals surface area contributed by atoms with E-state index in [0.717, 1.165) is 0 Å². The lowest BCUT2D eigenvalue weighted by Crippen LogP contribution is -2.39. The molecule has 6 nitrogen and oxygen atoms in total. The second-order valence-electron chi connectivity index (χ2n) is 5.43. The number of nitrogens with one attached hydrogen (secondary N) is 1. The number of allylic oxidation sites excluding steroid dienone is 1. The molecule has 0 aromatic heterocycles. The van der Waals surface area contributed by atoms with Crippen molar-refractivity contribution in [3.05, 3.63) is 47.2 Å². The van der Waals surface area contributed by atoms with Gasteiger partial charge in [-0.1, -0.05) is 30.4 Å². The van der Waals surface area contributed by atoms with Crippen molar-refractivity contribution in [3.63, 3.8) is 0 Å². The van der Waals surface area contributed by atoms with Crippen LogP contribution in [-0.2, 0) is 14.3 Å². The number of hydrogen-bond donors (Lipinski definition) is 1. The zero-order valence-corrected chi connectivity index (χ0v) is 15.2. The summed E-state index contributed by atoms with van der Waals surface area (Å²) in [7, 11) is 0. The molecule has 0 bridgehead atoms. The Hall–Kier alpha value is -2.25. The van der Waals surface area contributed by atoms with E-state index in [1.54, 1.807) is 38.1 Å². The third-order valence-corrected chi connectivity index (χ3v) is 4.12. The second-order valence-corrected chi connectivity index (χ2v) is 5.84. The largest absolute Gasteiger partial charge is 0.462 e. The first kappa shape index (κ1) is 19.1. The van der Waals surface area contributed by atoms with Crippen LogP contribution in [0.2, 0.25) is 0 Å². The molecule has 134 valence electrons. The van der Waals surface area contributed by atoms with Gasteiger partial charge in [-0.15, -0.1) is 0 Å². The van der Waals surface area contributed by atoms with Crippen LogP contribution in [0.3, 0.4) is 0 Å². The van der Waals surface area contributed by atoms with Crippen LogP contribution >= 0.6 is 12.2 Å². The van der Waals surface area contributed by atoms with Gasteiger partial charge in [0.1, 0.15) is 10.6 Å². The van der Waals surface area contributed by atoms with Gasteiger partial charge in [-0.05, 0) is 26.0 Å². The number of thiocarbonyl (C=S) groups is 1. The minimum atomic E-state index is -0.537. The molecule has 0 radical (unpaired) electrons. The van der Waals surface area contributed by atoms with Gasteiger partial charge in [0.2, 0.25) is 0 Å². The average molecular weight is 362 g/mol. The van der Waals surface area contributed by atoms with Gasteiger partial charge in [0, 0.05) is 24.4 Å². The maximum absolute atomic E-state index is 12.4. The number of hydrogen-bond acceptors (Lipinski definition) is 6. The topological polar surface area (TPSA) is 67.9 Å². The summed E-state index contributed by atoms with van der Waals surface area (Å²) in [5.74, 6) is -0.896. The fraction of sp³-hybridized carbons (Fsp3) is 0.389. The smallest absolute Gasteiger partial charge is 0.342 e. The van der Waals surface area contributed by atoms with Crippen molar-refractivity contribution in [1.82, 2.24) is 10.2 Å². The average Bonchev–Trinajstić information content (AvgIpc) is 2.63. The van der Waals surface area contributed by atoms with E-state index in [4.69, 9.17) is 21.7 Å². The Morgan fingerprint density at radius 1 is 1.24 bits per heavy atom. The van der Waals surface area contributed by atoms with E-state index >= 15 is 0 Å². The zero-order valence-electron chi connectivity index (χ0n) is 14.4. The molecule has 1 aliphatic rings. The Morgan fingerprint density at radius 3 is 2.48 bits per heavy atom. The normalized spacial score (nSPS) is 15.2. The van der Waals surface area contributed by atoms with Crippen LogP contribution < -0.4 is 5.32 Å². The molecule has 1 fully saturated rings. The number of amides is 1. The van der Waals surface area contributed by atoms with Crippen LogP contribution in [0.15, 0.2) is 41.6 Å². The summed E-state index contributed by atoms with van der Waals surface area (Å²) >= 11 is 5.34. The summed E-state index contributed by atoms with van der Waals surface area (Å²) in [5, 5.41) is 2.63. The van der Waals surface area contributed by atoms with Crippen molar-refractivity contribution < 1.29 is 19.1 Å². The molecule has 1 aromatic carbocycles. The third-order valence-electron chi connectivity index (χ3n) is 3.82. The van der Waals surface area contributed by atoms with Crippen molar-refractivity contribution in [2.45, 2.75) is 13.8 Å². The minimum absolute atomic E-state index is 0.0660. The fourth-order valence-electron chi connectivity index (χ4n) is 2.49. The van der Waals surface area contributed by atoms with E-state index in [1.807, 2.05) is 11.0 Å². The number of esters is 1. The van der Waals surface area contributed by atoms with Crippen LogP contribution in [0.4, 0.5) is 0 Å². The summed E-state index contributed by atoms with van der Waals surface area (Å²) in [6.07, 6.45) is 0. The standard InChI is InChI=1S/C18H22N2O4S/c1-3-24-18(22)15(13(2)20-9-11-23-12-10-20)17(25)19-16(21)14-7-5-4-6-8-14/h4-8H,3,9-12H2,1-2H3,(H,19,21,25)/b15-13-. The fourth-order valence-corrected chi connectivity index (χ4v) is 2.82. The number of morpholine rings is 1. The minimum Gasteiger partial charge on any atom is -0.462 e. The van der Waals surface area contributed by atoms with Gasteiger partial charge in [0.15, 0.2) is 0 Å². The van der Waals surface area contributed by atoms with Crippen molar-refractivity contribution >= 4 is 29.1 Å². The van der Waals surface area contributed by atoms with Crippen LogP contribution in [0.25, 0.3) is 0 Å². The summed E-state index contributed by atoms with van der Waals surface area (Å²) in [5.41, 5.74) is 1.36. The van der Waals surface area contributed by atoms with Crippen LogP contribution in [0.5, 0.6) is 0 Å². The van der Waals surface area contributed by atoms with Crippen LogP contribution in [-0.4, -0.2) is 54.7 Å². The van der Waals surface area contributed by atoms with Gasteiger partial charge in [-0.2, -0.15) is 0 Å². The molecule has 1 aliphatic heterocycles. The molecule has 2 rings (SSSR count). The quantitative estimate of drug-likeness (QED) is 0.490. The zero-order chi connectivity index (χ0) is 18.2. The second kappa shape index (κ2) is 9.29. The lowest BCUT2D eigenvalue weighted by molar-refractivity contribution is -0.138. The summed E-state index contributed by atoms with van der Waals surface area (Å²) in [6, 6.07) is 8.71. The van der Waals surface area contributed by atoms with Crippen molar-refractivity contribution in [3.8, 4) is 0 Å². The van der Waals surface area contributed by atoms with Crippen molar-refractivity contribution in [2.24, 2.45) is 0 Å². The van der Waals surface area contributed by atoms with Gasteiger partial charge in [-0.3, -0.25) is 4.79 Å². The first-order valence-electron chi connectivity index (χ1n) is 8.16. The predicted octanol–water partition coefficient (Wildman–Crippen LogP) is 1.91. The van der Waals surface area contributed by atoms with Crippen LogP contribution in [0, 0.1) is 0 Å². The molecule has 0 saturated carbocycles. The van der Waals surface area contributed by atoms with E-state index in [2.05, 4.69) is 5.32 Å². The van der Waals surface area contributed by atoms with Gasteiger partial charge in [0.05, 0.1) is 19.8 Å². The number of carbonyl (C=O) groups excluding carboxylic acids is 2. The molecule has 1 amide bonds. The highest BCUT2D eigenvalue weighted by atomic mass is 32.1. The molecule has 0 aliphatic carbocycles. The molecule has 7 heteroatoms. The first-order chi connectivity index (χ1) is 12.0. The predicted molar refractivity (Wildman–Crippen MR) is 98.2 cm³/mol. The lowest BCUT2D eigenvalue weighted by atomic mass is 10.1. The summed E-state index contributed by atoms with van der Waals surface area (Å²) in [6.45, 7) is 6.23. The highest BCUT2D eigenvalue weighted by molar-refractivity contribution is 7.81. The van der Waals surface area contributed by atoms with E-state index in [-0.39, 0.29) is 23.1 Å². The van der Waals surface area contributed by atoms with Gasteiger partial charge < -0.3 is 19.7 Å². The Morgan fingerprint density at radius 2 is 1.88 bits per heavy atom. The van der Waals surface area contributed by atoms with Crippen molar-refractivity contribution in [1.29, 1.82) is 0 Å². The van der Waals surface area contributed by atoms with E-state index in [0.29, 0.717) is 37.6 Å². The number of rotatable bonds is 5. The molecule has 1 heterocycles. The SMILES string of the molecule is CCOC(=O)/C(C(=S)NC(=O)c1ccccc1)=C(/C)N1CCOCC1. The Labute approximate surface area is 152 Å². The molecule has 1 saturated heterocycles. The summed E-state index contributed by atoms with van der Waals surface area (Å²) < 4.78 is 10.5. The van der Waals surface area contributed by atoms with Crippen LogP contribution in [0.1, 0.15) is 24.2 Å². The number of carbonyl (C=O) groups is 2. The molecule has 25 heavy (non-hydrogen) atoms. The van der Waals surface area contributed by atoms with E-state index < -0.39 is 5.97 Å². The Kier molecular flexibility index (Phi) is 7.09. The van der Waals surface area contributed by atoms with E-state index in [9.17, 15) is 9.59 Å². The molecule has 1 N–H and O–H groups in total. The highest BCUT2D eigenvalue weighted by Crippen LogP contribution is 2.15. The maximum Gasteiger partial charge on any atom is 0.342 e. The summed E-state index contributed by atoms with van der Waals surface area (Å²) in [4.78, 5) is 26.8. The van der Waals surface area contributed by atoms with Crippen molar-refractivity contribution in [2.75, 3.05) is 32.9 Å². The number of benzene rings is 1. The molecule has 0 atom stereocenters. The molecular formula is C18H22N2O4S. The molecule has 1 aromatic rings. The number of nitrogens with zero attached hydrogens (tertiary/aromatic N) is 1. The van der Waals surface area contributed by atoms with Gasteiger partial charge >= 0.3 is 5.97 Å². The van der Waals surface area contributed by atoms with Gasteiger partial charge in [0.25, 0.3) is 5.91 Å². The first-order valence-corrected chi connectivity index (χ1v) is 8.56. The molecule has 0 spiro atoms. The Bertz CT molecular complexity index is 667. The van der Waals surface area contributed by atoms with Gasteiger partial charge in [-0.25, -0.2) is 4.79 Å². The maximum atomic E-state index is 12.4. The Balaban J connectivity index is 2.23. The highest BCUT2D eigenvalue weighted by Gasteiger charge is 2.25. The number of ether oxygens (including phenoxy) is 2. The molecular weight excluding hydrogens is 340 g/mol. The van der Waals surface area contributed by atoms with E-state index in [1.165, 1.54) is 0 Å². The monoisotopic (exact) mass is 362 g/mol. The molecule has 0 unspecified atom stereocenters.